The fraction of sp³-hybridized carbons (Fsp3) is 0.241. The lowest BCUT2D eigenvalue weighted by atomic mass is 10.0. The van der Waals surface area contributed by atoms with E-state index in [4.69, 9.17) is 49.2 Å². The van der Waals surface area contributed by atoms with Gasteiger partial charge < -0.3 is 19.1 Å². The third-order valence-corrected chi connectivity index (χ3v) is 6.75. The Kier molecular flexibility index (Phi) is 8.98. The van der Waals surface area contributed by atoms with E-state index in [0.29, 0.717) is 23.2 Å². The highest BCUT2D eigenvalue weighted by molar-refractivity contribution is 6.49. The van der Waals surface area contributed by atoms with Gasteiger partial charge in [-0.15, -0.1) is 0 Å². The number of hydrogen-bond acceptors (Lipinski definition) is 5. The minimum absolute atomic E-state index is 0.0750. The second-order valence-electron chi connectivity index (χ2n) is 8.97. The Morgan fingerprint density at radius 2 is 1.37 bits per heavy atom. The highest BCUT2D eigenvalue weighted by Gasteiger charge is 2.19. The average molecular weight is 578 g/mol. The van der Waals surface area contributed by atoms with Crippen LogP contribution in [0.5, 0.6) is 17.2 Å². The molecule has 2 aliphatic heterocycles. The lowest BCUT2D eigenvalue weighted by Crippen LogP contribution is -2.20. The van der Waals surface area contributed by atoms with Crippen LogP contribution in [0, 0.1) is 5.82 Å². The van der Waals surface area contributed by atoms with Gasteiger partial charge in [-0.3, -0.25) is 4.42 Å². The molecule has 2 aliphatic rings. The summed E-state index contributed by atoms with van der Waals surface area (Å²) < 4.78 is 31.6. The number of hydrogen-bond donors (Lipinski definition) is 0. The second-order valence-corrected chi connectivity index (χ2v) is 10.2. The Balaban J connectivity index is 0.000000204. The Hall–Kier alpha value is -3.06. The maximum absolute atomic E-state index is 14.3. The first-order chi connectivity index (χ1) is 18.2. The standard InChI is InChI=1S/C19H19ClFNO2.C10H9Cl2NO/c1-12(2)24-19-7-4-14(9-18(19)21)22-10-13-8-15(23-3)5-6-16(13)17(20)11-22;1-14-8-2-3-9-7(4-8)5-13(12)6-10(9)11/h4-9,11-12H,10H2,1-3H3;2-4,6H,5H2,1H3. The van der Waals surface area contributed by atoms with Gasteiger partial charge in [0.2, 0.25) is 0 Å². The summed E-state index contributed by atoms with van der Waals surface area (Å²) in [4.78, 5) is 1.91. The van der Waals surface area contributed by atoms with Gasteiger partial charge in [0.25, 0.3) is 0 Å². The van der Waals surface area contributed by atoms with Gasteiger partial charge in [0.05, 0.1) is 36.9 Å². The molecule has 2 heterocycles. The van der Waals surface area contributed by atoms with Crippen LogP contribution in [0.2, 0.25) is 0 Å². The van der Waals surface area contributed by atoms with E-state index < -0.39 is 0 Å². The van der Waals surface area contributed by atoms with Crippen molar-refractivity contribution in [3.8, 4) is 17.2 Å². The van der Waals surface area contributed by atoms with E-state index in [1.165, 1.54) is 10.5 Å². The maximum Gasteiger partial charge on any atom is 0.167 e. The van der Waals surface area contributed by atoms with E-state index in [-0.39, 0.29) is 17.7 Å². The summed E-state index contributed by atoms with van der Waals surface area (Å²) >= 11 is 18.3. The maximum atomic E-state index is 14.3. The molecule has 0 amide bonds. The zero-order chi connectivity index (χ0) is 27.4. The minimum Gasteiger partial charge on any atom is -0.497 e. The van der Waals surface area contributed by atoms with Crippen LogP contribution < -0.4 is 19.1 Å². The van der Waals surface area contributed by atoms with Crippen LogP contribution in [0.25, 0.3) is 10.1 Å². The van der Waals surface area contributed by atoms with Crippen molar-refractivity contribution >= 4 is 50.7 Å². The molecule has 0 aliphatic carbocycles. The van der Waals surface area contributed by atoms with E-state index in [0.717, 1.165) is 39.4 Å². The third-order valence-electron chi connectivity index (χ3n) is 5.93. The molecule has 5 nitrogen and oxygen atoms in total. The van der Waals surface area contributed by atoms with E-state index in [1.54, 1.807) is 26.5 Å². The number of rotatable bonds is 5. The molecular weight excluding hydrogens is 550 g/mol. The molecule has 0 unspecified atom stereocenters. The lowest BCUT2D eigenvalue weighted by molar-refractivity contribution is 0.231. The van der Waals surface area contributed by atoms with Crippen LogP contribution in [0.15, 0.2) is 67.0 Å². The van der Waals surface area contributed by atoms with E-state index in [2.05, 4.69) is 0 Å². The van der Waals surface area contributed by atoms with E-state index in [1.807, 2.05) is 67.4 Å². The van der Waals surface area contributed by atoms with Crippen molar-refractivity contribution in [1.29, 1.82) is 0 Å². The largest absolute Gasteiger partial charge is 0.497 e. The molecule has 9 heteroatoms. The summed E-state index contributed by atoms with van der Waals surface area (Å²) in [5.74, 6) is 1.46. The number of methoxy groups -OCH3 is 2. The lowest BCUT2D eigenvalue weighted by Gasteiger charge is -2.27. The molecule has 38 heavy (non-hydrogen) atoms. The number of fused-ring (bicyclic) bond motifs is 2. The van der Waals surface area contributed by atoms with Gasteiger partial charge in [-0.1, -0.05) is 23.2 Å². The first kappa shape index (κ1) is 28.0. The number of anilines is 1. The molecule has 0 radical (unpaired) electrons. The Labute approximate surface area is 237 Å². The number of nitrogens with zero attached hydrogens (tertiary/aromatic N) is 2. The number of benzene rings is 3. The smallest absolute Gasteiger partial charge is 0.167 e. The summed E-state index contributed by atoms with van der Waals surface area (Å²) in [6, 6.07) is 16.5. The van der Waals surface area contributed by atoms with Gasteiger partial charge in [-0.2, -0.15) is 0 Å². The summed E-state index contributed by atoms with van der Waals surface area (Å²) in [6.45, 7) is 4.96. The third kappa shape index (κ3) is 6.49. The molecule has 0 bridgehead atoms. The summed E-state index contributed by atoms with van der Waals surface area (Å²) in [7, 11) is 3.27. The van der Waals surface area contributed by atoms with Gasteiger partial charge in [-0.05, 0) is 84.6 Å². The molecule has 0 saturated heterocycles. The first-order valence-corrected chi connectivity index (χ1v) is 13.0. The van der Waals surface area contributed by atoms with Crippen molar-refractivity contribution in [1.82, 2.24) is 4.42 Å². The molecule has 0 aromatic heterocycles. The van der Waals surface area contributed by atoms with Crippen LogP contribution in [0.1, 0.15) is 36.1 Å². The van der Waals surface area contributed by atoms with Crippen LogP contribution in [-0.2, 0) is 13.1 Å². The fourth-order valence-electron chi connectivity index (χ4n) is 4.14. The topological polar surface area (TPSA) is 34.2 Å². The predicted octanol–water partition coefficient (Wildman–Crippen LogP) is 8.38. The Bertz CT molecular complexity index is 1380. The molecule has 0 fully saturated rings. The molecule has 3 aromatic carbocycles. The van der Waals surface area contributed by atoms with Gasteiger partial charge >= 0.3 is 0 Å². The van der Waals surface area contributed by atoms with Crippen molar-refractivity contribution in [2.24, 2.45) is 0 Å². The van der Waals surface area contributed by atoms with Gasteiger partial charge in [0.15, 0.2) is 11.6 Å². The molecule has 0 spiro atoms. The Morgan fingerprint density at radius 1 is 0.789 bits per heavy atom. The first-order valence-electron chi connectivity index (χ1n) is 11.9. The summed E-state index contributed by atoms with van der Waals surface area (Å²) in [5, 5.41) is 1.27. The van der Waals surface area contributed by atoms with E-state index in [9.17, 15) is 4.39 Å². The summed E-state index contributed by atoms with van der Waals surface area (Å²) in [5.41, 5.74) is 4.81. The molecular formula is C29H28Cl3FN2O3. The molecule has 0 N–H and O–H groups in total. The van der Waals surface area contributed by atoms with Crippen molar-refractivity contribution in [3.63, 3.8) is 0 Å². The zero-order valence-corrected chi connectivity index (χ0v) is 23.7. The normalized spacial score (nSPS) is 14.0. The zero-order valence-electron chi connectivity index (χ0n) is 21.5. The highest BCUT2D eigenvalue weighted by Crippen LogP contribution is 2.36. The molecule has 0 atom stereocenters. The van der Waals surface area contributed by atoms with Crippen molar-refractivity contribution in [3.05, 3.63) is 95.1 Å². The molecule has 5 rings (SSSR count). The SMILES string of the molecule is COc1ccc2c(c1)CN(Cl)C=C2Cl.COc1ccc2c(c1)CN(c1ccc(OC(C)C)c(F)c1)C=C2Cl. The van der Waals surface area contributed by atoms with Crippen LogP contribution in [-0.4, -0.2) is 24.7 Å². The van der Waals surface area contributed by atoms with Crippen molar-refractivity contribution in [2.75, 3.05) is 19.1 Å². The van der Waals surface area contributed by atoms with Gasteiger partial charge in [0, 0.05) is 42.5 Å². The van der Waals surface area contributed by atoms with Crippen molar-refractivity contribution < 1.29 is 18.6 Å². The summed E-state index contributed by atoms with van der Waals surface area (Å²) in [6.07, 6.45) is 3.44. The molecule has 3 aromatic rings. The number of ether oxygens (including phenoxy) is 3. The van der Waals surface area contributed by atoms with Crippen LogP contribution in [0.4, 0.5) is 10.1 Å². The minimum atomic E-state index is -0.387. The molecule has 0 saturated carbocycles. The fourth-order valence-corrected chi connectivity index (χ4v) is 5.02. The van der Waals surface area contributed by atoms with Gasteiger partial charge in [0.1, 0.15) is 11.5 Å². The predicted molar refractivity (Wildman–Crippen MR) is 153 cm³/mol. The number of halogens is 4. The van der Waals surface area contributed by atoms with Crippen LogP contribution >= 0.6 is 35.0 Å². The monoisotopic (exact) mass is 576 g/mol. The second kappa shape index (κ2) is 12.2. The highest BCUT2D eigenvalue weighted by atomic mass is 35.5. The van der Waals surface area contributed by atoms with Crippen molar-refractivity contribution in [2.45, 2.75) is 33.0 Å². The quantitative estimate of drug-likeness (QED) is 0.285. The van der Waals surface area contributed by atoms with Crippen LogP contribution in [0.3, 0.4) is 0 Å². The molecule has 200 valence electrons. The average Bonchev–Trinajstić information content (AvgIpc) is 2.89. The van der Waals surface area contributed by atoms with Gasteiger partial charge in [-0.25, -0.2) is 4.39 Å². The Morgan fingerprint density at radius 3 is 1.92 bits per heavy atom. The van der Waals surface area contributed by atoms with E-state index >= 15 is 0 Å².